The summed E-state index contributed by atoms with van der Waals surface area (Å²) in [6.07, 6.45) is 5.46. The van der Waals surface area contributed by atoms with Gasteiger partial charge in [0.2, 0.25) is 10.0 Å². The number of benzene rings is 1. The van der Waals surface area contributed by atoms with E-state index in [1.165, 1.54) is 22.8 Å². The summed E-state index contributed by atoms with van der Waals surface area (Å²) in [6, 6.07) is 10.2. The molecule has 1 aliphatic rings. The second-order valence-corrected chi connectivity index (χ2v) is 7.44. The van der Waals surface area contributed by atoms with Crippen molar-refractivity contribution in [2.75, 3.05) is 13.1 Å². The van der Waals surface area contributed by atoms with Crippen LogP contribution in [0.3, 0.4) is 0 Å². The Balaban J connectivity index is 2.03. The first-order valence-corrected chi connectivity index (χ1v) is 9.08. The smallest absolute Gasteiger partial charge is 0.245 e. The Morgan fingerprint density at radius 2 is 1.70 bits per heavy atom. The van der Waals surface area contributed by atoms with Crippen LogP contribution in [0.5, 0.6) is 0 Å². The molecule has 3 rings (SSSR count). The van der Waals surface area contributed by atoms with E-state index >= 15 is 0 Å². The summed E-state index contributed by atoms with van der Waals surface area (Å²) < 4.78 is 27.2. The topological polar surface area (TPSA) is 67.3 Å². The summed E-state index contributed by atoms with van der Waals surface area (Å²) in [5.74, 6) is -0.302. The molecule has 0 saturated carbocycles. The lowest BCUT2D eigenvalue weighted by atomic mass is 10.0. The zero-order chi connectivity index (χ0) is 16.3. The monoisotopic (exact) mass is 330 g/mol. The SMILES string of the molecule is O=C(c1ccccc1)c1ccncc1S(=O)(=O)N1CCCCC1. The molecule has 1 fully saturated rings. The van der Waals surface area contributed by atoms with E-state index < -0.39 is 10.0 Å². The van der Waals surface area contributed by atoms with Gasteiger partial charge in [0.15, 0.2) is 5.78 Å². The summed E-state index contributed by atoms with van der Waals surface area (Å²) >= 11 is 0. The highest BCUT2D eigenvalue weighted by Crippen LogP contribution is 2.24. The van der Waals surface area contributed by atoms with Gasteiger partial charge in [-0.05, 0) is 18.9 Å². The maximum Gasteiger partial charge on any atom is 0.245 e. The van der Waals surface area contributed by atoms with E-state index in [1.807, 2.05) is 6.07 Å². The number of carbonyl (C=O) groups excluding carboxylic acids is 1. The molecule has 6 heteroatoms. The van der Waals surface area contributed by atoms with Gasteiger partial charge in [-0.1, -0.05) is 36.8 Å². The lowest BCUT2D eigenvalue weighted by Crippen LogP contribution is -2.36. The van der Waals surface area contributed by atoms with Gasteiger partial charge < -0.3 is 0 Å². The van der Waals surface area contributed by atoms with Gasteiger partial charge in [-0.3, -0.25) is 9.78 Å². The molecule has 0 unspecified atom stereocenters. The zero-order valence-electron chi connectivity index (χ0n) is 12.7. The van der Waals surface area contributed by atoms with Crippen molar-refractivity contribution in [3.63, 3.8) is 0 Å². The quantitative estimate of drug-likeness (QED) is 0.808. The van der Waals surface area contributed by atoms with Crippen LogP contribution in [0.15, 0.2) is 53.7 Å². The summed E-state index contributed by atoms with van der Waals surface area (Å²) in [6.45, 7) is 0.992. The molecule has 0 atom stereocenters. The molecule has 0 N–H and O–H groups in total. The van der Waals surface area contributed by atoms with Gasteiger partial charge in [0.25, 0.3) is 0 Å². The van der Waals surface area contributed by atoms with Gasteiger partial charge in [0.05, 0.1) is 0 Å². The van der Waals surface area contributed by atoms with Crippen LogP contribution < -0.4 is 0 Å². The predicted molar refractivity (Wildman–Crippen MR) is 86.7 cm³/mol. The number of aromatic nitrogens is 1. The molecule has 1 aromatic carbocycles. The van der Waals surface area contributed by atoms with E-state index in [4.69, 9.17) is 0 Å². The third kappa shape index (κ3) is 3.18. The Morgan fingerprint density at radius 1 is 1.00 bits per heavy atom. The van der Waals surface area contributed by atoms with Crippen molar-refractivity contribution < 1.29 is 13.2 Å². The normalized spacial score (nSPS) is 16.2. The first-order valence-electron chi connectivity index (χ1n) is 7.64. The molecule has 1 saturated heterocycles. The van der Waals surface area contributed by atoms with Crippen molar-refractivity contribution in [3.05, 3.63) is 59.9 Å². The molecule has 1 aromatic heterocycles. The Hall–Kier alpha value is -2.05. The third-order valence-electron chi connectivity index (χ3n) is 4.00. The molecule has 0 bridgehead atoms. The molecule has 2 heterocycles. The third-order valence-corrected chi connectivity index (χ3v) is 5.92. The Bertz CT molecular complexity index is 798. The molecule has 0 aliphatic carbocycles. The minimum atomic E-state index is -3.70. The van der Waals surface area contributed by atoms with E-state index in [2.05, 4.69) is 4.98 Å². The minimum Gasteiger partial charge on any atom is -0.289 e. The van der Waals surface area contributed by atoms with Gasteiger partial charge in [-0.2, -0.15) is 4.31 Å². The van der Waals surface area contributed by atoms with Crippen LogP contribution in [0.1, 0.15) is 35.2 Å². The Kier molecular flexibility index (Phi) is 4.54. The molecule has 0 radical (unpaired) electrons. The molecular formula is C17H18N2O3S. The van der Waals surface area contributed by atoms with Crippen LogP contribution in [-0.4, -0.2) is 36.6 Å². The first-order chi connectivity index (χ1) is 11.1. The van der Waals surface area contributed by atoms with Gasteiger partial charge in [0, 0.05) is 36.6 Å². The predicted octanol–water partition coefficient (Wildman–Crippen LogP) is 2.49. The molecule has 0 amide bonds. The van der Waals surface area contributed by atoms with Crippen LogP contribution in [0, 0.1) is 0 Å². The lowest BCUT2D eigenvalue weighted by Gasteiger charge is -2.26. The highest BCUT2D eigenvalue weighted by atomic mass is 32.2. The molecule has 5 nitrogen and oxygen atoms in total. The minimum absolute atomic E-state index is 0.00393. The number of carbonyl (C=O) groups is 1. The maximum atomic E-state index is 12.9. The number of rotatable bonds is 4. The highest BCUT2D eigenvalue weighted by Gasteiger charge is 2.30. The Morgan fingerprint density at radius 3 is 2.39 bits per heavy atom. The van der Waals surface area contributed by atoms with Gasteiger partial charge in [-0.25, -0.2) is 8.42 Å². The van der Waals surface area contributed by atoms with E-state index in [1.54, 1.807) is 24.3 Å². The van der Waals surface area contributed by atoms with Crippen molar-refractivity contribution in [2.45, 2.75) is 24.2 Å². The summed E-state index contributed by atoms with van der Waals surface area (Å²) in [4.78, 5) is 16.6. The van der Waals surface area contributed by atoms with Crippen LogP contribution >= 0.6 is 0 Å². The zero-order valence-corrected chi connectivity index (χ0v) is 13.5. The number of piperidine rings is 1. The van der Waals surface area contributed by atoms with Gasteiger partial charge in [0.1, 0.15) is 4.90 Å². The number of hydrogen-bond acceptors (Lipinski definition) is 4. The average Bonchev–Trinajstić information content (AvgIpc) is 2.62. The number of hydrogen-bond donors (Lipinski definition) is 0. The Labute approximate surface area is 136 Å². The largest absolute Gasteiger partial charge is 0.289 e. The van der Waals surface area contributed by atoms with E-state index in [0.717, 1.165) is 19.3 Å². The maximum absolute atomic E-state index is 12.9. The molecule has 1 aliphatic heterocycles. The fourth-order valence-corrected chi connectivity index (χ4v) is 4.41. The average molecular weight is 330 g/mol. The van der Waals surface area contributed by atoms with E-state index in [9.17, 15) is 13.2 Å². The van der Waals surface area contributed by atoms with Crippen LogP contribution in [0.2, 0.25) is 0 Å². The molecule has 0 spiro atoms. The van der Waals surface area contributed by atoms with Crippen LogP contribution in [0.4, 0.5) is 0 Å². The summed E-state index contributed by atoms with van der Waals surface area (Å²) in [7, 11) is -3.70. The first kappa shape index (κ1) is 15.8. The number of nitrogens with zero attached hydrogens (tertiary/aromatic N) is 2. The second kappa shape index (κ2) is 6.60. The summed E-state index contributed by atoms with van der Waals surface area (Å²) in [5.41, 5.74) is 0.644. The van der Waals surface area contributed by atoms with Gasteiger partial charge in [-0.15, -0.1) is 0 Å². The molecule has 23 heavy (non-hydrogen) atoms. The number of pyridine rings is 1. The fourth-order valence-electron chi connectivity index (χ4n) is 2.76. The fraction of sp³-hybridized carbons (Fsp3) is 0.294. The van der Waals surface area contributed by atoms with Gasteiger partial charge >= 0.3 is 0 Å². The second-order valence-electron chi connectivity index (χ2n) is 5.53. The highest BCUT2D eigenvalue weighted by molar-refractivity contribution is 7.89. The van der Waals surface area contributed by atoms with Crippen LogP contribution in [0.25, 0.3) is 0 Å². The number of ketones is 1. The van der Waals surface area contributed by atoms with E-state index in [-0.39, 0.29) is 16.2 Å². The number of sulfonamides is 1. The molecule has 2 aromatic rings. The standard InChI is InChI=1S/C17H18N2O3S/c20-17(14-7-3-1-4-8-14)15-9-10-18-13-16(15)23(21,22)19-11-5-2-6-12-19/h1,3-4,7-10,13H,2,5-6,11-12H2. The van der Waals surface area contributed by atoms with E-state index in [0.29, 0.717) is 18.7 Å². The van der Waals surface area contributed by atoms with Crippen molar-refractivity contribution in [1.29, 1.82) is 0 Å². The van der Waals surface area contributed by atoms with Crippen LogP contribution in [-0.2, 0) is 10.0 Å². The molecule has 120 valence electrons. The summed E-state index contributed by atoms with van der Waals surface area (Å²) in [5, 5.41) is 0. The van der Waals surface area contributed by atoms with Crippen molar-refractivity contribution >= 4 is 15.8 Å². The molecular weight excluding hydrogens is 312 g/mol. The lowest BCUT2D eigenvalue weighted by molar-refractivity contribution is 0.103. The van der Waals surface area contributed by atoms with Crippen molar-refractivity contribution in [2.24, 2.45) is 0 Å². The van der Waals surface area contributed by atoms with Crippen molar-refractivity contribution in [3.8, 4) is 0 Å². The van der Waals surface area contributed by atoms with Crippen molar-refractivity contribution in [1.82, 2.24) is 9.29 Å².